The third kappa shape index (κ3) is 4.70. The van der Waals surface area contributed by atoms with E-state index in [4.69, 9.17) is 4.74 Å². The predicted molar refractivity (Wildman–Crippen MR) is 137 cm³/mol. The molecule has 0 saturated heterocycles. The Morgan fingerprint density at radius 3 is 2.39 bits per heavy atom. The van der Waals surface area contributed by atoms with Gasteiger partial charge in [0.1, 0.15) is 12.3 Å². The van der Waals surface area contributed by atoms with E-state index in [1.165, 1.54) is 9.91 Å². The Bertz CT molecular complexity index is 1320. The molecule has 3 aromatic rings. The van der Waals surface area contributed by atoms with Crippen LogP contribution in [0.25, 0.3) is 0 Å². The summed E-state index contributed by atoms with van der Waals surface area (Å²) >= 11 is 0. The highest BCUT2D eigenvalue weighted by atomic mass is 16.5. The first-order valence-corrected chi connectivity index (χ1v) is 11.8. The molecule has 0 aromatic heterocycles. The summed E-state index contributed by atoms with van der Waals surface area (Å²) in [5.41, 5.74) is 3.93. The molecule has 0 spiro atoms. The highest BCUT2D eigenvalue weighted by molar-refractivity contribution is 6.10. The van der Waals surface area contributed by atoms with Crippen LogP contribution in [0.3, 0.4) is 0 Å². The number of nitrogens with one attached hydrogen (secondary N) is 1. The Morgan fingerprint density at radius 1 is 0.944 bits per heavy atom. The molecule has 3 aromatic carbocycles. The molecular weight excluding hydrogens is 456 g/mol. The second-order valence-corrected chi connectivity index (χ2v) is 8.69. The van der Waals surface area contributed by atoms with Crippen LogP contribution in [0.5, 0.6) is 5.75 Å². The largest absolute Gasteiger partial charge is 0.497 e. The predicted octanol–water partition coefficient (Wildman–Crippen LogP) is 4.14. The van der Waals surface area contributed by atoms with Crippen molar-refractivity contribution >= 4 is 34.8 Å². The third-order valence-corrected chi connectivity index (χ3v) is 6.40. The quantitative estimate of drug-likeness (QED) is 0.572. The van der Waals surface area contributed by atoms with Crippen LogP contribution < -0.4 is 15.0 Å². The van der Waals surface area contributed by atoms with E-state index in [1.807, 2.05) is 60.7 Å². The van der Waals surface area contributed by atoms with Gasteiger partial charge in [0, 0.05) is 19.3 Å². The van der Waals surface area contributed by atoms with Crippen molar-refractivity contribution in [3.8, 4) is 5.75 Å². The van der Waals surface area contributed by atoms with Crippen LogP contribution in [0, 0.1) is 0 Å². The minimum atomic E-state index is -0.282. The number of hydrogen-bond donors (Lipinski definition) is 1. The number of benzene rings is 3. The number of para-hydroxylation sites is 2. The van der Waals surface area contributed by atoms with E-state index in [-0.39, 0.29) is 43.1 Å². The minimum absolute atomic E-state index is 0.0165. The van der Waals surface area contributed by atoms with Gasteiger partial charge >= 0.3 is 0 Å². The molecule has 3 amide bonds. The molecule has 0 bridgehead atoms. The molecular formula is C28H26N4O4. The first-order chi connectivity index (χ1) is 17.5. The van der Waals surface area contributed by atoms with Crippen LogP contribution in [-0.4, -0.2) is 42.1 Å². The van der Waals surface area contributed by atoms with E-state index in [9.17, 15) is 14.4 Å². The number of carbonyl (C=O) groups excluding carboxylic acids is 3. The van der Waals surface area contributed by atoms with Crippen LogP contribution in [0.2, 0.25) is 0 Å². The van der Waals surface area contributed by atoms with Gasteiger partial charge in [-0.25, -0.2) is 5.01 Å². The molecule has 2 heterocycles. The number of hydrazone groups is 1. The number of methoxy groups -OCH3 is 1. The van der Waals surface area contributed by atoms with Crippen molar-refractivity contribution in [2.24, 2.45) is 5.10 Å². The van der Waals surface area contributed by atoms with Crippen molar-refractivity contribution in [2.75, 3.05) is 23.9 Å². The van der Waals surface area contributed by atoms with Gasteiger partial charge < -0.3 is 15.0 Å². The molecule has 0 fully saturated rings. The van der Waals surface area contributed by atoms with Gasteiger partial charge in [-0.1, -0.05) is 54.6 Å². The number of fused-ring (bicyclic) bond motifs is 1. The van der Waals surface area contributed by atoms with E-state index < -0.39 is 0 Å². The average Bonchev–Trinajstić information content (AvgIpc) is 3.37. The van der Waals surface area contributed by atoms with Gasteiger partial charge in [-0.3, -0.25) is 14.4 Å². The summed E-state index contributed by atoms with van der Waals surface area (Å²) in [5.74, 6) is -0.0529. The Morgan fingerprint density at radius 2 is 1.64 bits per heavy atom. The summed E-state index contributed by atoms with van der Waals surface area (Å²) in [6.07, 6.45) is 0.523. The van der Waals surface area contributed by atoms with E-state index in [0.717, 1.165) is 22.6 Å². The Balaban J connectivity index is 1.34. The average molecular weight is 483 g/mol. The molecule has 36 heavy (non-hydrogen) atoms. The van der Waals surface area contributed by atoms with Crippen molar-refractivity contribution in [2.45, 2.75) is 25.3 Å². The molecule has 1 atom stereocenters. The summed E-state index contributed by atoms with van der Waals surface area (Å²) < 4.78 is 5.27. The van der Waals surface area contributed by atoms with Crippen LogP contribution in [0.15, 0.2) is 84.0 Å². The van der Waals surface area contributed by atoms with Gasteiger partial charge in [-0.15, -0.1) is 0 Å². The van der Waals surface area contributed by atoms with E-state index in [1.54, 1.807) is 25.3 Å². The zero-order valence-corrected chi connectivity index (χ0v) is 19.9. The van der Waals surface area contributed by atoms with E-state index in [2.05, 4.69) is 10.4 Å². The zero-order valence-electron chi connectivity index (χ0n) is 19.9. The lowest BCUT2D eigenvalue weighted by Crippen LogP contribution is -2.42. The Labute approximate surface area is 209 Å². The van der Waals surface area contributed by atoms with Gasteiger partial charge in [0.25, 0.3) is 0 Å². The molecule has 0 unspecified atom stereocenters. The summed E-state index contributed by atoms with van der Waals surface area (Å²) in [5, 5.41) is 8.94. The maximum absolute atomic E-state index is 13.4. The van der Waals surface area contributed by atoms with Gasteiger partial charge in [-0.05, 0) is 35.4 Å². The van der Waals surface area contributed by atoms with Crippen molar-refractivity contribution in [3.63, 3.8) is 0 Å². The number of ether oxygens (including phenoxy) is 1. The smallest absolute Gasteiger partial charge is 0.244 e. The summed E-state index contributed by atoms with van der Waals surface area (Å²) in [4.78, 5) is 40.0. The van der Waals surface area contributed by atoms with Crippen molar-refractivity contribution < 1.29 is 19.1 Å². The maximum atomic E-state index is 13.4. The van der Waals surface area contributed by atoms with Crippen LogP contribution in [0.4, 0.5) is 11.4 Å². The molecule has 5 rings (SSSR count). The molecule has 0 radical (unpaired) electrons. The first-order valence-electron chi connectivity index (χ1n) is 11.8. The van der Waals surface area contributed by atoms with Crippen LogP contribution in [0.1, 0.15) is 36.4 Å². The number of amides is 3. The van der Waals surface area contributed by atoms with Crippen LogP contribution >= 0.6 is 0 Å². The lowest BCUT2D eigenvalue weighted by Gasteiger charge is -2.29. The highest BCUT2D eigenvalue weighted by Crippen LogP contribution is 2.35. The van der Waals surface area contributed by atoms with Gasteiger partial charge in [0.15, 0.2) is 0 Å². The SMILES string of the molecule is COc1ccc([C@H]2CC(c3ccccc3)=NN2C(=O)CCC(=O)N2CC(=O)Nc3ccccc32)cc1. The number of anilines is 2. The summed E-state index contributed by atoms with van der Waals surface area (Å²) in [6.45, 7) is -0.0709. The number of carbonyl (C=O) groups is 3. The lowest BCUT2D eigenvalue weighted by molar-refractivity contribution is -0.134. The molecule has 0 aliphatic carbocycles. The van der Waals surface area contributed by atoms with Gasteiger partial charge in [0.05, 0.1) is 30.2 Å². The van der Waals surface area contributed by atoms with E-state index >= 15 is 0 Å². The second-order valence-electron chi connectivity index (χ2n) is 8.69. The van der Waals surface area contributed by atoms with Crippen molar-refractivity contribution in [1.82, 2.24) is 5.01 Å². The van der Waals surface area contributed by atoms with Gasteiger partial charge in [-0.2, -0.15) is 5.10 Å². The first kappa shape index (κ1) is 23.3. The fraction of sp³-hybridized carbons (Fsp3) is 0.214. The number of hydrogen-bond acceptors (Lipinski definition) is 5. The number of nitrogens with zero attached hydrogens (tertiary/aromatic N) is 3. The third-order valence-electron chi connectivity index (χ3n) is 6.40. The summed E-state index contributed by atoms with van der Waals surface area (Å²) in [7, 11) is 1.61. The summed E-state index contributed by atoms with van der Waals surface area (Å²) in [6, 6.07) is 24.2. The molecule has 182 valence electrons. The second kappa shape index (κ2) is 10.0. The number of rotatable bonds is 6. The van der Waals surface area contributed by atoms with Gasteiger partial charge in [0.2, 0.25) is 17.7 Å². The Hall–Kier alpha value is -4.46. The lowest BCUT2D eigenvalue weighted by atomic mass is 9.98. The maximum Gasteiger partial charge on any atom is 0.244 e. The van der Waals surface area contributed by atoms with Crippen molar-refractivity contribution in [3.05, 3.63) is 90.0 Å². The molecule has 0 saturated carbocycles. The highest BCUT2D eigenvalue weighted by Gasteiger charge is 2.34. The standard InChI is InChI=1S/C28H26N4O4/c1-36-21-13-11-20(12-14-21)25-17-23(19-7-3-2-4-8-19)30-32(25)28(35)16-15-27(34)31-18-26(33)29-22-9-5-6-10-24(22)31/h2-14,25H,15-18H2,1H3,(H,29,33)/t25-/m1/s1. The Kier molecular flexibility index (Phi) is 6.49. The zero-order chi connectivity index (χ0) is 25.1. The molecule has 8 nitrogen and oxygen atoms in total. The monoisotopic (exact) mass is 482 g/mol. The fourth-order valence-electron chi connectivity index (χ4n) is 4.55. The molecule has 2 aliphatic rings. The molecule has 8 heteroatoms. The normalized spacial score (nSPS) is 16.8. The van der Waals surface area contributed by atoms with Crippen LogP contribution in [-0.2, 0) is 14.4 Å². The molecule has 2 aliphatic heterocycles. The topological polar surface area (TPSA) is 91.3 Å². The fourth-order valence-corrected chi connectivity index (χ4v) is 4.55. The minimum Gasteiger partial charge on any atom is -0.497 e. The van der Waals surface area contributed by atoms with Crippen molar-refractivity contribution in [1.29, 1.82) is 0 Å². The molecule has 1 N–H and O–H groups in total. The van der Waals surface area contributed by atoms with E-state index in [0.29, 0.717) is 17.8 Å².